The molecule has 0 amide bonds. The SMILES string of the molecule is Cc1ccc(C(=O)Cc2c(C)nn(C)c2Cl)cc1C. The predicted octanol–water partition coefficient (Wildman–Crippen LogP) is 3.42. The zero-order valence-electron chi connectivity index (χ0n) is 11.6. The van der Waals surface area contributed by atoms with Crippen molar-refractivity contribution in [3.63, 3.8) is 0 Å². The van der Waals surface area contributed by atoms with Gasteiger partial charge in [0.15, 0.2) is 5.78 Å². The molecule has 0 atom stereocenters. The molecule has 19 heavy (non-hydrogen) atoms. The number of carbonyl (C=O) groups excluding carboxylic acids is 1. The summed E-state index contributed by atoms with van der Waals surface area (Å²) in [5, 5.41) is 4.76. The maximum absolute atomic E-state index is 12.3. The number of nitrogens with zero attached hydrogens (tertiary/aromatic N) is 2. The molecule has 1 aromatic carbocycles. The van der Waals surface area contributed by atoms with Crippen LogP contribution in [0.1, 0.15) is 32.7 Å². The van der Waals surface area contributed by atoms with Crippen LogP contribution in [0.25, 0.3) is 0 Å². The summed E-state index contributed by atoms with van der Waals surface area (Å²) in [6, 6.07) is 5.77. The predicted molar refractivity (Wildman–Crippen MR) is 76.9 cm³/mol. The Balaban J connectivity index is 2.28. The van der Waals surface area contributed by atoms with Crippen molar-refractivity contribution in [1.82, 2.24) is 9.78 Å². The van der Waals surface area contributed by atoms with Crippen molar-refractivity contribution >= 4 is 17.4 Å². The van der Waals surface area contributed by atoms with Gasteiger partial charge in [-0.05, 0) is 38.0 Å². The highest BCUT2D eigenvalue weighted by Gasteiger charge is 2.16. The molecule has 0 aliphatic heterocycles. The first-order valence-electron chi connectivity index (χ1n) is 6.18. The summed E-state index contributed by atoms with van der Waals surface area (Å²) in [6.45, 7) is 5.91. The molecule has 4 heteroatoms. The summed E-state index contributed by atoms with van der Waals surface area (Å²) >= 11 is 6.15. The second kappa shape index (κ2) is 5.17. The third kappa shape index (κ3) is 2.71. The molecular formula is C15H17ClN2O. The third-order valence-electron chi connectivity index (χ3n) is 3.44. The van der Waals surface area contributed by atoms with E-state index < -0.39 is 0 Å². The van der Waals surface area contributed by atoms with Gasteiger partial charge in [-0.25, -0.2) is 0 Å². The summed E-state index contributed by atoms with van der Waals surface area (Å²) in [6.07, 6.45) is 0.293. The Labute approximate surface area is 118 Å². The zero-order valence-corrected chi connectivity index (χ0v) is 12.4. The number of aromatic nitrogens is 2. The van der Waals surface area contributed by atoms with E-state index in [1.165, 1.54) is 5.56 Å². The lowest BCUT2D eigenvalue weighted by atomic mass is 10.00. The number of hydrogen-bond acceptors (Lipinski definition) is 2. The van der Waals surface area contributed by atoms with Crippen LogP contribution >= 0.6 is 11.6 Å². The van der Waals surface area contributed by atoms with Gasteiger partial charge < -0.3 is 0 Å². The molecule has 1 aromatic heterocycles. The van der Waals surface area contributed by atoms with E-state index in [-0.39, 0.29) is 5.78 Å². The van der Waals surface area contributed by atoms with E-state index in [0.717, 1.165) is 22.4 Å². The number of hydrogen-bond donors (Lipinski definition) is 0. The van der Waals surface area contributed by atoms with Gasteiger partial charge in [0, 0.05) is 24.6 Å². The molecule has 0 saturated carbocycles. The third-order valence-corrected chi connectivity index (χ3v) is 3.91. The average Bonchev–Trinajstić information content (AvgIpc) is 2.59. The molecule has 2 rings (SSSR count). The van der Waals surface area contributed by atoms with Crippen LogP contribution in [0.15, 0.2) is 18.2 Å². The Morgan fingerprint density at radius 2 is 1.95 bits per heavy atom. The number of Topliss-reactive ketones (excluding diaryl/α,β-unsaturated/α-hetero) is 1. The second-order valence-corrected chi connectivity index (χ2v) is 5.24. The molecule has 0 spiro atoms. The average molecular weight is 277 g/mol. The van der Waals surface area contributed by atoms with Crippen LogP contribution in [0.3, 0.4) is 0 Å². The van der Waals surface area contributed by atoms with Gasteiger partial charge in [0.25, 0.3) is 0 Å². The van der Waals surface area contributed by atoms with Crippen LogP contribution in [0, 0.1) is 20.8 Å². The van der Waals surface area contributed by atoms with Crippen LogP contribution in [0.4, 0.5) is 0 Å². The van der Waals surface area contributed by atoms with Crippen molar-refractivity contribution in [3.8, 4) is 0 Å². The molecule has 1 heterocycles. The van der Waals surface area contributed by atoms with Gasteiger partial charge >= 0.3 is 0 Å². The van der Waals surface area contributed by atoms with Crippen molar-refractivity contribution in [2.75, 3.05) is 0 Å². The van der Waals surface area contributed by atoms with E-state index in [4.69, 9.17) is 11.6 Å². The van der Waals surface area contributed by atoms with E-state index in [2.05, 4.69) is 5.10 Å². The highest BCUT2D eigenvalue weighted by atomic mass is 35.5. The van der Waals surface area contributed by atoms with Gasteiger partial charge in [0.1, 0.15) is 5.15 Å². The smallest absolute Gasteiger partial charge is 0.167 e. The van der Waals surface area contributed by atoms with Crippen molar-refractivity contribution in [3.05, 3.63) is 51.3 Å². The Morgan fingerprint density at radius 1 is 1.26 bits per heavy atom. The highest BCUT2D eigenvalue weighted by Crippen LogP contribution is 2.21. The minimum absolute atomic E-state index is 0.0705. The molecule has 0 aliphatic rings. The molecule has 0 unspecified atom stereocenters. The van der Waals surface area contributed by atoms with Gasteiger partial charge in [-0.2, -0.15) is 5.10 Å². The Morgan fingerprint density at radius 3 is 2.47 bits per heavy atom. The largest absolute Gasteiger partial charge is 0.294 e. The monoisotopic (exact) mass is 276 g/mol. The van der Waals surface area contributed by atoms with E-state index >= 15 is 0 Å². The number of benzene rings is 1. The van der Waals surface area contributed by atoms with Crippen molar-refractivity contribution in [2.45, 2.75) is 27.2 Å². The number of aryl methyl sites for hydroxylation is 4. The van der Waals surface area contributed by atoms with Crippen molar-refractivity contribution in [1.29, 1.82) is 0 Å². The van der Waals surface area contributed by atoms with Gasteiger partial charge in [-0.1, -0.05) is 23.7 Å². The van der Waals surface area contributed by atoms with Gasteiger partial charge in [-0.3, -0.25) is 9.48 Å². The van der Waals surface area contributed by atoms with Crippen LogP contribution in [-0.2, 0) is 13.5 Å². The summed E-state index contributed by atoms with van der Waals surface area (Å²) in [5.41, 5.74) is 4.66. The van der Waals surface area contributed by atoms with E-state index in [1.54, 1.807) is 11.7 Å². The maximum Gasteiger partial charge on any atom is 0.167 e. The Hall–Kier alpha value is -1.61. The van der Waals surface area contributed by atoms with E-state index in [1.807, 2.05) is 39.0 Å². The van der Waals surface area contributed by atoms with Crippen molar-refractivity contribution in [2.24, 2.45) is 7.05 Å². The molecule has 0 aliphatic carbocycles. The molecular weight excluding hydrogens is 260 g/mol. The van der Waals surface area contributed by atoms with E-state index in [0.29, 0.717) is 11.6 Å². The van der Waals surface area contributed by atoms with Gasteiger partial charge in [0.05, 0.1) is 5.69 Å². The molecule has 0 saturated heterocycles. The quantitative estimate of drug-likeness (QED) is 0.805. The molecule has 0 N–H and O–H groups in total. The lowest BCUT2D eigenvalue weighted by Crippen LogP contribution is -2.05. The molecule has 2 aromatic rings. The molecule has 3 nitrogen and oxygen atoms in total. The lowest BCUT2D eigenvalue weighted by Gasteiger charge is -2.05. The van der Waals surface area contributed by atoms with Crippen LogP contribution < -0.4 is 0 Å². The van der Waals surface area contributed by atoms with Crippen molar-refractivity contribution < 1.29 is 4.79 Å². The second-order valence-electron chi connectivity index (χ2n) is 4.88. The minimum atomic E-state index is 0.0705. The van der Waals surface area contributed by atoms with E-state index in [9.17, 15) is 4.79 Å². The molecule has 0 bridgehead atoms. The van der Waals surface area contributed by atoms with Crippen LogP contribution in [-0.4, -0.2) is 15.6 Å². The minimum Gasteiger partial charge on any atom is -0.294 e. The number of carbonyl (C=O) groups is 1. The molecule has 100 valence electrons. The maximum atomic E-state index is 12.3. The fourth-order valence-corrected chi connectivity index (χ4v) is 2.29. The lowest BCUT2D eigenvalue weighted by molar-refractivity contribution is 0.0992. The Bertz CT molecular complexity index is 644. The summed E-state index contributed by atoms with van der Waals surface area (Å²) in [4.78, 5) is 12.3. The number of halogens is 1. The first kappa shape index (κ1) is 13.8. The normalized spacial score (nSPS) is 10.8. The molecule has 0 fully saturated rings. The summed E-state index contributed by atoms with van der Waals surface area (Å²) in [7, 11) is 1.78. The zero-order chi connectivity index (χ0) is 14.2. The fourth-order valence-electron chi connectivity index (χ4n) is 2.05. The standard InChI is InChI=1S/C15H17ClN2O/c1-9-5-6-12(7-10(9)2)14(19)8-13-11(3)17-18(4)15(13)16/h5-7H,8H2,1-4H3. The van der Waals surface area contributed by atoms with Crippen LogP contribution in [0.2, 0.25) is 5.15 Å². The van der Waals surface area contributed by atoms with Crippen LogP contribution in [0.5, 0.6) is 0 Å². The first-order valence-corrected chi connectivity index (χ1v) is 6.56. The molecule has 0 radical (unpaired) electrons. The number of ketones is 1. The highest BCUT2D eigenvalue weighted by molar-refractivity contribution is 6.30. The fraction of sp³-hybridized carbons (Fsp3) is 0.333. The summed E-state index contributed by atoms with van der Waals surface area (Å²) in [5.74, 6) is 0.0705. The number of rotatable bonds is 3. The van der Waals surface area contributed by atoms with Gasteiger partial charge in [-0.15, -0.1) is 0 Å². The Kier molecular flexibility index (Phi) is 3.76. The summed E-state index contributed by atoms with van der Waals surface area (Å²) < 4.78 is 1.60. The topological polar surface area (TPSA) is 34.9 Å². The van der Waals surface area contributed by atoms with Gasteiger partial charge in [0.2, 0.25) is 0 Å². The first-order chi connectivity index (χ1) is 8.90.